The van der Waals surface area contributed by atoms with Crippen molar-refractivity contribution in [1.82, 2.24) is 5.32 Å². The molecule has 1 atom stereocenters. The quantitative estimate of drug-likeness (QED) is 0.698. The Kier molecular flexibility index (Phi) is 5.69. The Labute approximate surface area is 105 Å². The Bertz CT molecular complexity index is 271. The van der Waals surface area contributed by atoms with Crippen LogP contribution in [0.3, 0.4) is 0 Å². The zero-order chi connectivity index (χ0) is 12.7. The van der Waals surface area contributed by atoms with Crippen LogP contribution in [0.5, 0.6) is 0 Å². The Balaban J connectivity index is 2.22. The van der Waals surface area contributed by atoms with E-state index in [1.54, 1.807) is 0 Å². The van der Waals surface area contributed by atoms with Crippen molar-refractivity contribution in [3.8, 4) is 0 Å². The summed E-state index contributed by atoms with van der Waals surface area (Å²) in [4.78, 5) is 11.8. The first kappa shape index (κ1) is 14.2. The molecule has 0 aromatic rings. The van der Waals surface area contributed by atoms with Gasteiger partial charge < -0.3 is 11.1 Å². The molecule has 3 heteroatoms. The van der Waals surface area contributed by atoms with Crippen molar-refractivity contribution < 1.29 is 4.79 Å². The van der Waals surface area contributed by atoms with E-state index in [-0.39, 0.29) is 11.3 Å². The summed E-state index contributed by atoms with van der Waals surface area (Å²) in [5.41, 5.74) is 5.74. The molecule has 3 N–H and O–H groups in total. The van der Waals surface area contributed by atoms with Crippen molar-refractivity contribution in [3.05, 3.63) is 12.2 Å². The average Bonchev–Trinajstić information content (AvgIpc) is 2.28. The van der Waals surface area contributed by atoms with Crippen molar-refractivity contribution in [2.75, 3.05) is 6.54 Å². The van der Waals surface area contributed by atoms with Crippen LogP contribution >= 0.6 is 0 Å². The average molecular weight is 238 g/mol. The first-order valence-corrected chi connectivity index (χ1v) is 6.68. The highest BCUT2D eigenvalue weighted by Crippen LogP contribution is 2.25. The maximum atomic E-state index is 11.8. The van der Waals surface area contributed by atoms with E-state index in [0.717, 1.165) is 32.1 Å². The Morgan fingerprint density at radius 2 is 2.18 bits per heavy atom. The topological polar surface area (TPSA) is 55.1 Å². The molecule has 98 valence electrons. The molecule has 1 amide bonds. The molecule has 0 radical (unpaired) electrons. The van der Waals surface area contributed by atoms with Gasteiger partial charge in [-0.05, 0) is 44.1 Å². The van der Waals surface area contributed by atoms with Gasteiger partial charge in [0.25, 0.3) is 0 Å². The molecule has 0 aromatic carbocycles. The number of hydrogen-bond donors (Lipinski definition) is 2. The van der Waals surface area contributed by atoms with Crippen LogP contribution in [0.25, 0.3) is 0 Å². The molecule has 0 bridgehead atoms. The fraction of sp³-hybridized carbons (Fsp3) is 0.786. The van der Waals surface area contributed by atoms with Crippen LogP contribution in [0.4, 0.5) is 0 Å². The van der Waals surface area contributed by atoms with Gasteiger partial charge in [0.15, 0.2) is 0 Å². The standard InChI is InChI=1S/C14H26N2O/c1-14(2,10-11-15)9-8-13(17)16-12-6-4-3-5-7-12/h3-4,12H,5-11,15H2,1-2H3,(H,16,17). The molecule has 1 rings (SSSR count). The molecule has 3 nitrogen and oxygen atoms in total. The third-order valence-electron chi connectivity index (χ3n) is 3.48. The molecule has 0 aromatic heterocycles. The van der Waals surface area contributed by atoms with Gasteiger partial charge in [0.2, 0.25) is 5.91 Å². The molecule has 0 spiro atoms. The highest BCUT2D eigenvalue weighted by molar-refractivity contribution is 5.76. The molecule has 17 heavy (non-hydrogen) atoms. The summed E-state index contributed by atoms with van der Waals surface area (Å²) in [6.07, 6.45) is 10.0. The number of allylic oxidation sites excluding steroid dienone is 1. The minimum atomic E-state index is 0.179. The van der Waals surface area contributed by atoms with Crippen LogP contribution in [0, 0.1) is 5.41 Å². The lowest BCUT2D eigenvalue weighted by atomic mass is 9.84. The summed E-state index contributed by atoms with van der Waals surface area (Å²) >= 11 is 0. The maximum absolute atomic E-state index is 11.8. The van der Waals surface area contributed by atoms with Gasteiger partial charge in [-0.1, -0.05) is 26.0 Å². The van der Waals surface area contributed by atoms with E-state index in [9.17, 15) is 4.79 Å². The van der Waals surface area contributed by atoms with Crippen LogP contribution in [0.2, 0.25) is 0 Å². The lowest BCUT2D eigenvalue weighted by molar-refractivity contribution is -0.122. The number of nitrogens with one attached hydrogen (secondary N) is 1. The summed E-state index contributed by atoms with van der Waals surface area (Å²) in [6.45, 7) is 5.05. The van der Waals surface area contributed by atoms with Crippen LogP contribution in [-0.2, 0) is 4.79 Å². The third kappa shape index (κ3) is 5.87. The van der Waals surface area contributed by atoms with E-state index in [1.807, 2.05) is 0 Å². The predicted octanol–water partition coefficient (Wildman–Crippen LogP) is 2.37. The molecule has 0 aliphatic heterocycles. The van der Waals surface area contributed by atoms with Gasteiger partial charge in [-0.15, -0.1) is 0 Å². The second-order valence-electron chi connectivity index (χ2n) is 5.75. The fourth-order valence-corrected chi connectivity index (χ4v) is 2.19. The number of nitrogens with two attached hydrogens (primary N) is 1. The molecule has 0 saturated carbocycles. The highest BCUT2D eigenvalue weighted by Gasteiger charge is 2.19. The van der Waals surface area contributed by atoms with Gasteiger partial charge in [-0.25, -0.2) is 0 Å². The minimum Gasteiger partial charge on any atom is -0.353 e. The van der Waals surface area contributed by atoms with Crippen molar-refractivity contribution in [3.63, 3.8) is 0 Å². The molecule has 1 aliphatic rings. The minimum absolute atomic E-state index is 0.179. The summed E-state index contributed by atoms with van der Waals surface area (Å²) in [5, 5.41) is 3.11. The number of amides is 1. The molecule has 0 fully saturated rings. The molecule has 0 saturated heterocycles. The second kappa shape index (κ2) is 6.80. The van der Waals surface area contributed by atoms with Crippen LogP contribution < -0.4 is 11.1 Å². The van der Waals surface area contributed by atoms with Crippen LogP contribution in [0.15, 0.2) is 12.2 Å². The number of carbonyl (C=O) groups excluding carboxylic acids is 1. The van der Waals surface area contributed by atoms with Crippen molar-refractivity contribution in [2.24, 2.45) is 11.1 Å². The summed E-state index contributed by atoms with van der Waals surface area (Å²) < 4.78 is 0. The second-order valence-corrected chi connectivity index (χ2v) is 5.75. The maximum Gasteiger partial charge on any atom is 0.220 e. The van der Waals surface area contributed by atoms with E-state index >= 15 is 0 Å². The number of rotatable bonds is 6. The van der Waals surface area contributed by atoms with Gasteiger partial charge in [0.1, 0.15) is 0 Å². The monoisotopic (exact) mass is 238 g/mol. The van der Waals surface area contributed by atoms with E-state index in [4.69, 9.17) is 5.73 Å². The Hall–Kier alpha value is -0.830. The summed E-state index contributed by atoms with van der Waals surface area (Å²) in [5.74, 6) is 0.190. The van der Waals surface area contributed by atoms with Crippen molar-refractivity contribution >= 4 is 5.91 Å². The lowest BCUT2D eigenvalue weighted by Gasteiger charge is -2.24. The molecular weight excluding hydrogens is 212 g/mol. The zero-order valence-corrected chi connectivity index (χ0v) is 11.2. The third-order valence-corrected chi connectivity index (χ3v) is 3.48. The zero-order valence-electron chi connectivity index (χ0n) is 11.2. The predicted molar refractivity (Wildman–Crippen MR) is 71.6 cm³/mol. The van der Waals surface area contributed by atoms with Gasteiger partial charge in [0.05, 0.1) is 0 Å². The number of carbonyl (C=O) groups is 1. The SMILES string of the molecule is CC(C)(CCN)CCC(=O)NC1CC=CCC1. The summed E-state index contributed by atoms with van der Waals surface area (Å²) in [6, 6.07) is 0.352. The molecule has 1 unspecified atom stereocenters. The van der Waals surface area contributed by atoms with Crippen molar-refractivity contribution in [1.29, 1.82) is 0 Å². The van der Waals surface area contributed by atoms with E-state index in [0.29, 0.717) is 19.0 Å². The molecule has 0 heterocycles. The summed E-state index contributed by atoms with van der Waals surface area (Å²) in [7, 11) is 0. The largest absolute Gasteiger partial charge is 0.353 e. The van der Waals surface area contributed by atoms with E-state index < -0.39 is 0 Å². The van der Waals surface area contributed by atoms with Crippen LogP contribution in [-0.4, -0.2) is 18.5 Å². The fourth-order valence-electron chi connectivity index (χ4n) is 2.19. The van der Waals surface area contributed by atoms with Gasteiger partial charge in [-0.2, -0.15) is 0 Å². The lowest BCUT2D eigenvalue weighted by Crippen LogP contribution is -2.35. The highest BCUT2D eigenvalue weighted by atomic mass is 16.1. The Morgan fingerprint density at radius 3 is 2.76 bits per heavy atom. The van der Waals surface area contributed by atoms with Crippen molar-refractivity contribution in [2.45, 2.75) is 58.4 Å². The van der Waals surface area contributed by atoms with Crippen LogP contribution in [0.1, 0.15) is 52.4 Å². The molecular formula is C14H26N2O. The first-order valence-electron chi connectivity index (χ1n) is 6.68. The molecule has 1 aliphatic carbocycles. The number of hydrogen-bond acceptors (Lipinski definition) is 2. The smallest absolute Gasteiger partial charge is 0.220 e. The van der Waals surface area contributed by atoms with E-state index in [1.165, 1.54) is 0 Å². The first-order chi connectivity index (χ1) is 8.03. The Morgan fingerprint density at radius 1 is 1.41 bits per heavy atom. The van der Waals surface area contributed by atoms with Gasteiger partial charge in [-0.3, -0.25) is 4.79 Å². The van der Waals surface area contributed by atoms with E-state index in [2.05, 4.69) is 31.3 Å². The van der Waals surface area contributed by atoms with Gasteiger partial charge in [0, 0.05) is 12.5 Å². The van der Waals surface area contributed by atoms with Gasteiger partial charge >= 0.3 is 0 Å². The normalized spacial score (nSPS) is 20.3.